The Bertz CT molecular complexity index is 246. The number of rotatable bonds is 3. The van der Waals surface area contributed by atoms with Gasteiger partial charge in [-0.2, -0.15) is 0 Å². The van der Waals surface area contributed by atoms with E-state index in [0.29, 0.717) is 0 Å². The van der Waals surface area contributed by atoms with Crippen molar-refractivity contribution in [2.24, 2.45) is 0 Å². The van der Waals surface area contributed by atoms with Crippen LogP contribution >= 0.6 is 0 Å². The average molecular weight is 179 g/mol. The maximum absolute atomic E-state index is 9.92. The number of aliphatic hydroxyl groups excluding tert-OH is 1. The van der Waals surface area contributed by atoms with Gasteiger partial charge in [-0.05, 0) is 26.6 Å². The van der Waals surface area contributed by atoms with E-state index in [-0.39, 0.29) is 6.04 Å². The van der Waals surface area contributed by atoms with E-state index in [9.17, 15) is 5.11 Å². The number of likely N-dealkylation sites (N-methyl/N-ethyl adjacent to an activating group) is 1. The van der Waals surface area contributed by atoms with Gasteiger partial charge in [0.05, 0.1) is 6.10 Å². The zero-order chi connectivity index (χ0) is 9.84. The SMILES string of the molecule is C[C@H]([C@H](O)c1ccccc1)N(C)C. The van der Waals surface area contributed by atoms with E-state index >= 15 is 0 Å². The fraction of sp³-hybridized carbons (Fsp3) is 0.455. The molecular weight excluding hydrogens is 162 g/mol. The van der Waals surface area contributed by atoms with Gasteiger partial charge in [0.2, 0.25) is 0 Å². The van der Waals surface area contributed by atoms with Crippen molar-refractivity contribution in [1.82, 2.24) is 4.90 Å². The molecule has 0 aliphatic heterocycles. The molecule has 2 nitrogen and oxygen atoms in total. The Morgan fingerprint density at radius 3 is 2.15 bits per heavy atom. The molecule has 13 heavy (non-hydrogen) atoms. The molecule has 0 radical (unpaired) electrons. The minimum atomic E-state index is -0.406. The number of nitrogens with zero attached hydrogens (tertiary/aromatic N) is 1. The zero-order valence-electron chi connectivity index (χ0n) is 8.44. The maximum Gasteiger partial charge on any atom is 0.0942 e. The minimum absolute atomic E-state index is 0.141. The van der Waals surface area contributed by atoms with E-state index < -0.39 is 6.10 Å². The van der Waals surface area contributed by atoms with Crippen LogP contribution in [0.3, 0.4) is 0 Å². The third kappa shape index (κ3) is 2.54. The zero-order valence-corrected chi connectivity index (χ0v) is 8.44. The lowest BCUT2D eigenvalue weighted by atomic mass is 10.0. The van der Waals surface area contributed by atoms with Crippen LogP contribution in [0.1, 0.15) is 18.6 Å². The van der Waals surface area contributed by atoms with Crippen LogP contribution in [-0.4, -0.2) is 30.1 Å². The normalized spacial score (nSPS) is 15.8. The van der Waals surface area contributed by atoms with Crippen molar-refractivity contribution in [3.05, 3.63) is 35.9 Å². The van der Waals surface area contributed by atoms with Crippen molar-refractivity contribution in [3.8, 4) is 0 Å². The van der Waals surface area contributed by atoms with Gasteiger partial charge >= 0.3 is 0 Å². The second-order valence-corrected chi connectivity index (χ2v) is 3.56. The van der Waals surface area contributed by atoms with Crippen LogP contribution < -0.4 is 0 Å². The molecule has 0 saturated heterocycles. The molecule has 0 aliphatic carbocycles. The quantitative estimate of drug-likeness (QED) is 0.763. The van der Waals surface area contributed by atoms with Gasteiger partial charge in [0.15, 0.2) is 0 Å². The van der Waals surface area contributed by atoms with E-state index in [2.05, 4.69) is 0 Å². The van der Waals surface area contributed by atoms with E-state index in [0.717, 1.165) is 5.56 Å². The molecule has 0 amide bonds. The van der Waals surface area contributed by atoms with Crippen molar-refractivity contribution in [3.63, 3.8) is 0 Å². The summed E-state index contributed by atoms with van der Waals surface area (Å²) in [6, 6.07) is 9.88. The monoisotopic (exact) mass is 179 g/mol. The fourth-order valence-electron chi connectivity index (χ4n) is 1.21. The first kappa shape index (κ1) is 10.2. The van der Waals surface area contributed by atoms with Gasteiger partial charge in [0.1, 0.15) is 0 Å². The van der Waals surface area contributed by atoms with Gasteiger partial charge in [-0.25, -0.2) is 0 Å². The van der Waals surface area contributed by atoms with Crippen LogP contribution in [0.5, 0.6) is 0 Å². The molecule has 0 spiro atoms. The molecular formula is C11H17NO. The highest BCUT2D eigenvalue weighted by atomic mass is 16.3. The summed E-state index contributed by atoms with van der Waals surface area (Å²) >= 11 is 0. The first-order chi connectivity index (χ1) is 6.13. The molecule has 0 aliphatic rings. The summed E-state index contributed by atoms with van der Waals surface area (Å²) in [6.45, 7) is 2.01. The molecule has 1 N–H and O–H groups in total. The van der Waals surface area contributed by atoms with Crippen molar-refractivity contribution in [2.45, 2.75) is 19.1 Å². The predicted molar refractivity (Wildman–Crippen MR) is 54.6 cm³/mol. The third-order valence-corrected chi connectivity index (χ3v) is 2.41. The molecule has 1 rings (SSSR count). The molecule has 1 aromatic carbocycles. The van der Waals surface area contributed by atoms with Crippen molar-refractivity contribution >= 4 is 0 Å². The molecule has 0 bridgehead atoms. The fourth-order valence-corrected chi connectivity index (χ4v) is 1.21. The van der Waals surface area contributed by atoms with Gasteiger partial charge in [0, 0.05) is 6.04 Å². The molecule has 1 aromatic rings. The molecule has 0 heterocycles. The Labute approximate surface area is 79.8 Å². The Kier molecular flexibility index (Phi) is 3.46. The highest BCUT2D eigenvalue weighted by Crippen LogP contribution is 2.18. The number of hydrogen-bond donors (Lipinski definition) is 1. The van der Waals surface area contributed by atoms with Crippen LogP contribution in [0, 0.1) is 0 Å². The predicted octanol–water partition coefficient (Wildman–Crippen LogP) is 1.67. The van der Waals surface area contributed by atoms with Crippen LogP contribution in [0.25, 0.3) is 0 Å². The summed E-state index contributed by atoms with van der Waals surface area (Å²) in [4.78, 5) is 2.01. The van der Waals surface area contributed by atoms with Gasteiger partial charge in [0.25, 0.3) is 0 Å². The van der Waals surface area contributed by atoms with Crippen LogP contribution in [0.15, 0.2) is 30.3 Å². The topological polar surface area (TPSA) is 23.5 Å². The van der Waals surface area contributed by atoms with Crippen LogP contribution in [0.4, 0.5) is 0 Å². The van der Waals surface area contributed by atoms with E-state index in [1.54, 1.807) is 0 Å². The van der Waals surface area contributed by atoms with E-state index in [1.807, 2.05) is 56.3 Å². The summed E-state index contributed by atoms with van der Waals surface area (Å²) in [6.07, 6.45) is -0.406. The minimum Gasteiger partial charge on any atom is -0.387 e. The lowest BCUT2D eigenvalue weighted by Gasteiger charge is -2.25. The summed E-state index contributed by atoms with van der Waals surface area (Å²) in [7, 11) is 3.94. The average Bonchev–Trinajstić information content (AvgIpc) is 2.17. The van der Waals surface area contributed by atoms with E-state index in [1.165, 1.54) is 0 Å². The van der Waals surface area contributed by atoms with Gasteiger partial charge in [-0.15, -0.1) is 0 Å². The summed E-state index contributed by atoms with van der Waals surface area (Å²) < 4.78 is 0. The number of hydrogen-bond acceptors (Lipinski definition) is 2. The Balaban J connectivity index is 2.73. The Hall–Kier alpha value is -0.860. The highest BCUT2D eigenvalue weighted by molar-refractivity contribution is 5.18. The number of aliphatic hydroxyl groups is 1. The molecule has 0 fully saturated rings. The van der Waals surface area contributed by atoms with Crippen LogP contribution in [0.2, 0.25) is 0 Å². The Morgan fingerprint density at radius 2 is 1.69 bits per heavy atom. The molecule has 0 saturated carbocycles. The van der Waals surface area contributed by atoms with Crippen molar-refractivity contribution < 1.29 is 5.11 Å². The first-order valence-corrected chi connectivity index (χ1v) is 4.52. The van der Waals surface area contributed by atoms with Crippen LogP contribution in [-0.2, 0) is 0 Å². The molecule has 2 atom stereocenters. The smallest absolute Gasteiger partial charge is 0.0942 e. The second-order valence-electron chi connectivity index (χ2n) is 3.56. The van der Waals surface area contributed by atoms with Crippen molar-refractivity contribution in [2.75, 3.05) is 14.1 Å². The molecule has 2 heteroatoms. The standard InChI is InChI=1S/C11H17NO/c1-9(12(2)3)11(13)10-7-5-4-6-8-10/h4-9,11,13H,1-3H3/t9-,11+/m1/s1. The van der Waals surface area contributed by atoms with Gasteiger partial charge < -0.3 is 10.0 Å². The molecule has 0 aromatic heterocycles. The molecule has 72 valence electrons. The lowest BCUT2D eigenvalue weighted by molar-refractivity contribution is 0.0858. The highest BCUT2D eigenvalue weighted by Gasteiger charge is 2.17. The lowest BCUT2D eigenvalue weighted by Crippen LogP contribution is -2.30. The molecule has 0 unspecified atom stereocenters. The summed E-state index contributed by atoms with van der Waals surface area (Å²) in [5, 5.41) is 9.92. The van der Waals surface area contributed by atoms with E-state index in [4.69, 9.17) is 0 Å². The third-order valence-electron chi connectivity index (χ3n) is 2.41. The number of benzene rings is 1. The maximum atomic E-state index is 9.92. The van der Waals surface area contributed by atoms with Gasteiger partial charge in [-0.1, -0.05) is 30.3 Å². The second kappa shape index (κ2) is 4.40. The van der Waals surface area contributed by atoms with Gasteiger partial charge in [-0.3, -0.25) is 0 Å². The largest absolute Gasteiger partial charge is 0.387 e. The Morgan fingerprint density at radius 1 is 1.15 bits per heavy atom. The summed E-state index contributed by atoms with van der Waals surface area (Å²) in [5.74, 6) is 0. The van der Waals surface area contributed by atoms with Crippen molar-refractivity contribution in [1.29, 1.82) is 0 Å². The first-order valence-electron chi connectivity index (χ1n) is 4.52. The summed E-state index contributed by atoms with van der Waals surface area (Å²) in [5.41, 5.74) is 0.976.